The lowest BCUT2D eigenvalue weighted by Crippen LogP contribution is -2.39. The molecule has 2 aromatic carbocycles. The molecule has 0 aliphatic rings. The maximum Gasteiger partial charge on any atom is 0.203 e. The van der Waals surface area contributed by atoms with Gasteiger partial charge in [0.25, 0.3) is 0 Å². The molecule has 0 amide bonds. The summed E-state index contributed by atoms with van der Waals surface area (Å²) in [5, 5.41) is 6.54. The van der Waals surface area contributed by atoms with Crippen LogP contribution in [-0.2, 0) is 6.54 Å². The molecule has 7 nitrogen and oxygen atoms in total. The van der Waals surface area contributed by atoms with E-state index in [1.165, 1.54) is 11.1 Å². The Kier molecular flexibility index (Phi) is 9.12. The van der Waals surface area contributed by atoms with Crippen molar-refractivity contribution < 1.29 is 18.9 Å². The first-order chi connectivity index (χ1) is 14.5. The second kappa shape index (κ2) is 11.8. The number of hydrogen-bond donors (Lipinski definition) is 2. The summed E-state index contributed by atoms with van der Waals surface area (Å²) in [5.41, 5.74) is 3.34. The number of rotatable bonds is 10. The van der Waals surface area contributed by atoms with Crippen molar-refractivity contribution in [3.63, 3.8) is 0 Å². The summed E-state index contributed by atoms with van der Waals surface area (Å²) in [4.78, 5) is 4.65. The molecule has 7 heteroatoms. The lowest BCUT2D eigenvalue weighted by molar-refractivity contribution is 0.321. The van der Waals surface area contributed by atoms with E-state index in [1.54, 1.807) is 21.3 Å². The zero-order chi connectivity index (χ0) is 21.9. The smallest absolute Gasteiger partial charge is 0.203 e. The van der Waals surface area contributed by atoms with E-state index < -0.39 is 0 Å². The molecule has 2 aromatic rings. The summed E-state index contributed by atoms with van der Waals surface area (Å²) in [7, 11) is 4.79. The van der Waals surface area contributed by atoms with Crippen LogP contribution in [-0.4, -0.2) is 47.0 Å². The average molecular weight is 416 g/mol. The topological polar surface area (TPSA) is 73.3 Å². The molecule has 0 saturated heterocycles. The SMILES string of the molecule is CCNC(=NCc1cc(OC)c(OC)c(OC)c1)NCCOc1cc(C)cc(C)c1. The molecule has 0 bridgehead atoms. The van der Waals surface area contributed by atoms with Gasteiger partial charge in [0.2, 0.25) is 5.75 Å². The molecule has 0 aliphatic carbocycles. The highest BCUT2D eigenvalue weighted by atomic mass is 16.5. The standard InChI is InChI=1S/C23H33N3O4/c1-7-24-23(25-8-9-30-19-11-16(2)10-17(3)12-19)26-15-18-13-20(27-4)22(29-6)21(14-18)28-5/h10-14H,7-9,15H2,1-6H3,(H2,24,25,26). The van der Waals surface area contributed by atoms with Crippen molar-refractivity contribution in [1.82, 2.24) is 10.6 Å². The van der Waals surface area contributed by atoms with Crippen LogP contribution in [0.5, 0.6) is 23.0 Å². The van der Waals surface area contributed by atoms with Gasteiger partial charge in [-0.25, -0.2) is 4.99 Å². The van der Waals surface area contributed by atoms with Gasteiger partial charge in [-0.05, 0) is 61.7 Å². The van der Waals surface area contributed by atoms with Crippen molar-refractivity contribution in [2.75, 3.05) is 41.0 Å². The van der Waals surface area contributed by atoms with E-state index in [4.69, 9.17) is 18.9 Å². The fraction of sp³-hybridized carbons (Fsp3) is 0.435. The Morgan fingerprint density at radius 2 is 1.50 bits per heavy atom. The number of methoxy groups -OCH3 is 3. The van der Waals surface area contributed by atoms with Crippen molar-refractivity contribution in [2.45, 2.75) is 27.3 Å². The van der Waals surface area contributed by atoms with Gasteiger partial charge in [0.1, 0.15) is 12.4 Å². The molecule has 0 radical (unpaired) electrons. The highest BCUT2D eigenvalue weighted by Gasteiger charge is 2.13. The molecule has 30 heavy (non-hydrogen) atoms. The molecule has 0 aliphatic heterocycles. The molecular formula is C23H33N3O4. The average Bonchev–Trinajstić information content (AvgIpc) is 2.73. The normalized spacial score (nSPS) is 11.1. The van der Waals surface area contributed by atoms with Gasteiger partial charge >= 0.3 is 0 Å². The van der Waals surface area contributed by atoms with Crippen LogP contribution in [0.25, 0.3) is 0 Å². The Hall–Kier alpha value is -3.09. The number of aliphatic imine (C=N–C) groups is 1. The third kappa shape index (κ3) is 6.76. The van der Waals surface area contributed by atoms with Gasteiger partial charge in [-0.15, -0.1) is 0 Å². The van der Waals surface area contributed by atoms with Crippen LogP contribution in [0.15, 0.2) is 35.3 Å². The van der Waals surface area contributed by atoms with E-state index in [1.807, 2.05) is 31.2 Å². The molecular weight excluding hydrogens is 382 g/mol. The maximum absolute atomic E-state index is 5.85. The largest absolute Gasteiger partial charge is 0.493 e. The number of ether oxygens (including phenoxy) is 4. The highest BCUT2D eigenvalue weighted by molar-refractivity contribution is 5.79. The first kappa shape index (κ1) is 23.2. The van der Waals surface area contributed by atoms with Crippen molar-refractivity contribution in [3.05, 3.63) is 47.0 Å². The number of aryl methyl sites for hydroxylation is 2. The number of hydrogen-bond acceptors (Lipinski definition) is 5. The summed E-state index contributed by atoms with van der Waals surface area (Å²) in [6.45, 7) is 8.56. The molecule has 0 saturated carbocycles. The van der Waals surface area contributed by atoms with E-state index in [-0.39, 0.29) is 0 Å². The minimum absolute atomic E-state index is 0.462. The zero-order valence-corrected chi connectivity index (χ0v) is 18.8. The fourth-order valence-corrected chi connectivity index (χ4v) is 3.09. The lowest BCUT2D eigenvalue weighted by atomic mass is 10.1. The molecule has 2 N–H and O–H groups in total. The number of guanidine groups is 1. The van der Waals surface area contributed by atoms with Gasteiger partial charge in [-0.2, -0.15) is 0 Å². The second-order valence-electron chi connectivity index (χ2n) is 6.83. The monoisotopic (exact) mass is 415 g/mol. The molecule has 0 atom stereocenters. The van der Waals surface area contributed by atoms with E-state index in [9.17, 15) is 0 Å². The summed E-state index contributed by atoms with van der Waals surface area (Å²) < 4.78 is 22.0. The van der Waals surface area contributed by atoms with Crippen LogP contribution in [0.4, 0.5) is 0 Å². The Morgan fingerprint density at radius 1 is 0.867 bits per heavy atom. The summed E-state index contributed by atoms with van der Waals surface area (Å²) in [6, 6.07) is 10.0. The summed E-state index contributed by atoms with van der Waals surface area (Å²) >= 11 is 0. The maximum atomic E-state index is 5.85. The van der Waals surface area contributed by atoms with E-state index in [0.717, 1.165) is 23.8 Å². The molecule has 0 fully saturated rings. The Morgan fingerprint density at radius 3 is 2.03 bits per heavy atom. The zero-order valence-electron chi connectivity index (χ0n) is 18.8. The predicted molar refractivity (Wildman–Crippen MR) is 120 cm³/mol. The van der Waals surface area contributed by atoms with E-state index in [2.05, 4.69) is 35.5 Å². The fourth-order valence-electron chi connectivity index (χ4n) is 3.09. The molecule has 0 heterocycles. The van der Waals surface area contributed by atoms with Crippen LogP contribution < -0.4 is 29.6 Å². The molecule has 0 unspecified atom stereocenters. The van der Waals surface area contributed by atoms with Crippen LogP contribution >= 0.6 is 0 Å². The first-order valence-electron chi connectivity index (χ1n) is 10.0. The number of benzene rings is 2. The summed E-state index contributed by atoms with van der Waals surface area (Å²) in [5.74, 6) is 3.40. The van der Waals surface area contributed by atoms with E-state index >= 15 is 0 Å². The Labute approximate surface area is 179 Å². The highest BCUT2D eigenvalue weighted by Crippen LogP contribution is 2.38. The summed E-state index contributed by atoms with van der Waals surface area (Å²) in [6.07, 6.45) is 0. The van der Waals surface area contributed by atoms with Crippen molar-refractivity contribution in [3.8, 4) is 23.0 Å². The van der Waals surface area contributed by atoms with E-state index in [0.29, 0.717) is 36.9 Å². The minimum Gasteiger partial charge on any atom is -0.493 e. The molecule has 164 valence electrons. The van der Waals surface area contributed by atoms with Gasteiger partial charge in [0.05, 0.1) is 34.4 Å². The molecule has 0 spiro atoms. The quantitative estimate of drug-likeness (QED) is 0.352. The molecule has 0 aromatic heterocycles. The minimum atomic E-state index is 0.462. The lowest BCUT2D eigenvalue weighted by Gasteiger charge is -2.15. The second-order valence-corrected chi connectivity index (χ2v) is 6.83. The first-order valence-corrected chi connectivity index (χ1v) is 10.0. The van der Waals surface area contributed by atoms with Crippen molar-refractivity contribution >= 4 is 5.96 Å². The van der Waals surface area contributed by atoms with Crippen LogP contribution in [0.1, 0.15) is 23.6 Å². The van der Waals surface area contributed by atoms with Crippen molar-refractivity contribution in [1.29, 1.82) is 0 Å². The van der Waals surface area contributed by atoms with Crippen LogP contribution in [0.2, 0.25) is 0 Å². The Bertz CT molecular complexity index is 807. The van der Waals surface area contributed by atoms with Gasteiger partial charge < -0.3 is 29.6 Å². The van der Waals surface area contributed by atoms with Gasteiger partial charge in [-0.1, -0.05) is 6.07 Å². The predicted octanol–water partition coefficient (Wildman–Crippen LogP) is 3.46. The van der Waals surface area contributed by atoms with Gasteiger partial charge in [0.15, 0.2) is 17.5 Å². The number of nitrogens with one attached hydrogen (secondary N) is 2. The van der Waals surface area contributed by atoms with Gasteiger partial charge in [0, 0.05) is 6.54 Å². The molecule has 2 rings (SSSR count). The van der Waals surface area contributed by atoms with Crippen LogP contribution in [0, 0.1) is 13.8 Å². The van der Waals surface area contributed by atoms with Crippen molar-refractivity contribution in [2.24, 2.45) is 4.99 Å². The number of nitrogens with zero attached hydrogens (tertiary/aromatic N) is 1. The Balaban J connectivity index is 1.98. The van der Waals surface area contributed by atoms with Crippen LogP contribution in [0.3, 0.4) is 0 Å². The van der Waals surface area contributed by atoms with Gasteiger partial charge in [-0.3, -0.25) is 0 Å². The third-order valence-corrected chi connectivity index (χ3v) is 4.35. The third-order valence-electron chi connectivity index (χ3n) is 4.35.